The van der Waals surface area contributed by atoms with Crippen LogP contribution in [0.2, 0.25) is 0 Å². The van der Waals surface area contributed by atoms with E-state index in [1.807, 2.05) is 0 Å². The van der Waals surface area contributed by atoms with Gasteiger partial charge in [-0.2, -0.15) is 0 Å². The summed E-state index contributed by atoms with van der Waals surface area (Å²) < 4.78 is 6.25. The van der Waals surface area contributed by atoms with Crippen LogP contribution in [0.3, 0.4) is 0 Å². The van der Waals surface area contributed by atoms with Gasteiger partial charge >= 0.3 is 0 Å². The lowest BCUT2D eigenvalue weighted by Gasteiger charge is -2.37. The van der Waals surface area contributed by atoms with Crippen molar-refractivity contribution >= 4 is 22.7 Å². The van der Waals surface area contributed by atoms with Gasteiger partial charge in [0.25, 0.3) is 0 Å². The lowest BCUT2D eigenvalue weighted by Crippen LogP contribution is -2.45. The maximum atomic E-state index is 6.25. The first-order valence-corrected chi connectivity index (χ1v) is 11.4. The highest BCUT2D eigenvalue weighted by Gasteiger charge is 2.73. The molecule has 3 saturated heterocycles. The Labute approximate surface area is 147 Å². The van der Waals surface area contributed by atoms with Crippen LogP contribution in [0.15, 0.2) is 29.2 Å². The van der Waals surface area contributed by atoms with Gasteiger partial charge in [-0.05, 0) is 29.5 Å². The van der Waals surface area contributed by atoms with Crippen LogP contribution in [0.25, 0.3) is 0 Å². The molecule has 0 amide bonds. The molecule has 1 aromatic carbocycles. The second-order valence-corrected chi connectivity index (χ2v) is 12.7. The van der Waals surface area contributed by atoms with Gasteiger partial charge in [0, 0.05) is 41.3 Å². The van der Waals surface area contributed by atoms with Crippen molar-refractivity contribution in [1.29, 1.82) is 0 Å². The Bertz CT molecular complexity index is 592. The van der Waals surface area contributed by atoms with E-state index < -0.39 is 0 Å². The second-order valence-electron chi connectivity index (χ2n) is 8.80. The molecule has 0 radical (unpaired) electrons. The van der Waals surface area contributed by atoms with Gasteiger partial charge in [-0.25, -0.2) is 0 Å². The van der Waals surface area contributed by atoms with E-state index in [9.17, 15) is 0 Å². The van der Waals surface area contributed by atoms with Crippen LogP contribution < -0.4 is 0 Å². The third kappa shape index (κ3) is 2.33. The number of hydrogen-bond acceptors (Lipinski definition) is 2. The predicted octanol–water partition coefficient (Wildman–Crippen LogP) is 4.60. The summed E-state index contributed by atoms with van der Waals surface area (Å²) in [5.74, 6) is 3.26. The van der Waals surface area contributed by atoms with E-state index in [0.29, 0.717) is 10.9 Å². The number of rotatable bonds is 1. The van der Waals surface area contributed by atoms with Gasteiger partial charge < -0.3 is 4.74 Å². The molecule has 3 aliphatic heterocycles. The lowest BCUT2D eigenvalue weighted by atomic mass is 9.87. The Balaban J connectivity index is 1.44. The lowest BCUT2D eigenvalue weighted by molar-refractivity contribution is 0.0363. The summed E-state index contributed by atoms with van der Waals surface area (Å²) in [6, 6.07) is 9.68. The molecule has 124 valence electrons. The molecule has 1 saturated carbocycles. The average molecular weight is 348 g/mol. The van der Waals surface area contributed by atoms with E-state index in [1.54, 1.807) is 4.90 Å². The Morgan fingerprint density at radius 2 is 1.74 bits per heavy atom. The van der Waals surface area contributed by atoms with Crippen molar-refractivity contribution in [1.82, 2.24) is 0 Å². The zero-order chi connectivity index (χ0) is 15.8. The van der Waals surface area contributed by atoms with Crippen LogP contribution in [0.4, 0.5) is 0 Å². The molecule has 5 rings (SSSR count). The molecule has 23 heavy (non-hydrogen) atoms. The van der Waals surface area contributed by atoms with Crippen molar-refractivity contribution in [3.8, 4) is 0 Å². The number of thioether (sulfide) groups is 1. The van der Waals surface area contributed by atoms with E-state index in [-0.39, 0.29) is 10.3 Å². The Hall–Kier alpha value is -0.120. The van der Waals surface area contributed by atoms with Gasteiger partial charge in [0.15, 0.2) is 4.90 Å². The smallest absolute Gasteiger partial charge is 0.155 e. The predicted molar refractivity (Wildman–Crippen MR) is 100 cm³/mol. The molecule has 0 N–H and O–H groups in total. The summed E-state index contributed by atoms with van der Waals surface area (Å²) in [6.45, 7) is 7.90. The van der Waals surface area contributed by atoms with Crippen LogP contribution in [0, 0.1) is 11.8 Å². The minimum Gasteiger partial charge on any atom is -0.363 e. The van der Waals surface area contributed by atoms with Gasteiger partial charge in [0.1, 0.15) is 15.4 Å². The third-order valence-corrected chi connectivity index (χ3v) is 10.8. The van der Waals surface area contributed by atoms with E-state index in [4.69, 9.17) is 4.74 Å². The first kappa shape index (κ1) is 15.2. The Kier molecular flexibility index (Phi) is 3.27. The minimum atomic E-state index is 0.206. The summed E-state index contributed by atoms with van der Waals surface area (Å²) >= 11 is 2.12. The molecule has 1 spiro atoms. The fraction of sp³-hybridized carbons (Fsp3) is 0.700. The standard InChI is InChI=1S/C20H27OS2/c1-19(2,3)13-4-6-14(7-5-13)23-17-11-20(21-8-9-22-20)12-18(23)16-10-15(16)17/h4-7,15-18H,8-12H2,1-3H3/q+1. The molecule has 1 nitrogen and oxygen atoms in total. The molecule has 2 bridgehead atoms. The van der Waals surface area contributed by atoms with Crippen molar-refractivity contribution in [2.24, 2.45) is 11.8 Å². The zero-order valence-corrected chi connectivity index (χ0v) is 16.0. The average Bonchev–Trinajstić information content (AvgIpc) is 3.14. The molecule has 3 heteroatoms. The molecule has 4 aliphatic rings. The third-order valence-electron chi connectivity index (χ3n) is 6.33. The molecule has 4 unspecified atom stereocenters. The highest BCUT2D eigenvalue weighted by Crippen LogP contribution is 2.66. The number of fused-ring (bicyclic) bond motifs is 5. The van der Waals surface area contributed by atoms with E-state index in [1.165, 1.54) is 30.6 Å². The SMILES string of the molecule is CC(C)(C)c1ccc([S+]2C3CC4(CC2C2CC23)OCCS4)cc1. The van der Waals surface area contributed by atoms with Crippen molar-refractivity contribution in [3.63, 3.8) is 0 Å². The summed E-state index contributed by atoms with van der Waals surface area (Å²) in [5.41, 5.74) is 1.72. The van der Waals surface area contributed by atoms with Gasteiger partial charge in [-0.15, -0.1) is 11.8 Å². The van der Waals surface area contributed by atoms with Gasteiger partial charge in [-0.3, -0.25) is 0 Å². The van der Waals surface area contributed by atoms with Crippen molar-refractivity contribution < 1.29 is 4.74 Å². The maximum absolute atomic E-state index is 6.25. The van der Waals surface area contributed by atoms with Crippen LogP contribution in [0.1, 0.15) is 45.6 Å². The highest BCUT2D eigenvalue weighted by molar-refractivity contribution is 8.01. The molecular weight excluding hydrogens is 320 g/mol. The monoisotopic (exact) mass is 347 g/mol. The number of benzene rings is 1. The van der Waals surface area contributed by atoms with Gasteiger partial charge in [-0.1, -0.05) is 32.9 Å². The van der Waals surface area contributed by atoms with Crippen molar-refractivity contribution in [2.75, 3.05) is 12.4 Å². The normalized spacial score (nSPS) is 44.6. The van der Waals surface area contributed by atoms with Gasteiger partial charge in [0.2, 0.25) is 0 Å². The summed E-state index contributed by atoms with van der Waals surface area (Å²) in [7, 11) is 0.483. The maximum Gasteiger partial charge on any atom is 0.155 e. The summed E-state index contributed by atoms with van der Waals surface area (Å²) in [4.78, 5) is 1.84. The van der Waals surface area contributed by atoms with Crippen molar-refractivity contribution in [3.05, 3.63) is 29.8 Å². The first-order chi connectivity index (χ1) is 11.0. The molecule has 4 atom stereocenters. The molecular formula is C20H27OS2+. The molecule has 1 aliphatic carbocycles. The molecule has 1 aromatic rings. The fourth-order valence-electron chi connectivity index (χ4n) is 5.06. The van der Waals surface area contributed by atoms with Crippen LogP contribution >= 0.6 is 11.8 Å². The topological polar surface area (TPSA) is 9.23 Å². The first-order valence-electron chi connectivity index (χ1n) is 9.07. The van der Waals surface area contributed by atoms with E-state index in [0.717, 1.165) is 28.9 Å². The van der Waals surface area contributed by atoms with Gasteiger partial charge in [0.05, 0.1) is 6.61 Å². The Morgan fingerprint density at radius 3 is 2.26 bits per heavy atom. The van der Waals surface area contributed by atoms with Crippen LogP contribution in [0.5, 0.6) is 0 Å². The van der Waals surface area contributed by atoms with E-state index >= 15 is 0 Å². The largest absolute Gasteiger partial charge is 0.363 e. The molecule has 3 heterocycles. The molecule has 4 fully saturated rings. The fourth-order valence-corrected chi connectivity index (χ4v) is 10.5. The van der Waals surface area contributed by atoms with Crippen LogP contribution in [-0.2, 0) is 21.0 Å². The number of hydrogen-bond donors (Lipinski definition) is 0. The second kappa shape index (κ2) is 4.95. The molecule has 0 aromatic heterocycles. The summed E-state index contributed by atoms with van der Waals surface area (Å²) in [6.07, 6.45) is 4.15. The Morgan fingerprint density at radius 1 is 1.09 bits per heavy atom. The van der Waals surface area contributed by atoms with E-state index in [2.05, 4.69) is 56.8 Å². The minimum absolute atomic E-state index is 0.206. The van der Waals surface area contributed by atoms with Crippen LogP contribution in [-0.4, -0.2) is 27.8 Å². The zero-order valence-electron chi connectivity index (χ0n) is 14.4. The highest BCUT2D eigenvalue weighted by atomic mass is 32.2. The quantitative estimate of drug-likeness (QED) is 0.687. The summed E-state index contributed by atoms with van der Waals surface area (Å²) in [5, 5.41) is 1.81. The van der Waals surface area contributed by atoms with Crippen molar-refractivity contribution in [2.45, 2.75) is 65.8 Å². The number of ether oxygens (including phenoxy) is 1.